The Labute approximate surface area is 84.9 Å². The molecule has 0 aliphatic carbocycles. The highest BCUT2D eigenvalue weighted by Gasteiger charge is 2.07. The topological polar surface area (TPSA) is 17.1 Å². The number of fused-ring (bicyclic) bond motifs is 1. The third kappa shape index (κ3) is 1.47. The molecule has 0 N–H and O–H groups in total. The Kier molecular flexibility index (Phi) is 2.10. The second kappa shape index (κ2) is 3.13. The predicted octanol–water partition coefficient (Wildman–Crippen LogP) is 3.59. The van der Waals surface area contributed by atoms with Gasteiger partial charge in [-0.3, -0.25) is 4.79 Å². The van der Waals surface area contributed by atoms with Crippen LogP contribution in [0, 0.1) is 6.92 Å². The van der Waals surface area contributed by atoms with E-state index in [-0.39, 0.29) is 5.24 Å². The highest BCUT2D eigenvalue weighted by atomic mass is 35.5. The van der Waals surface area contributed by atoms with Gasteiger partial charge < -0.3 is 0 Å². The van der Waals surface area contributed by atoms with Crippen molar-refractivity contribution in [3.63, 3.8) is 0 Å². The Morgan fingerprint density at radius 1 is 1.46 bits per heavy atom. The Hall–Kier alpha value is -0.860. The molecule has 1 heterocycles. The molecule has 0 amide bonds. The number of aryl methyl sites for hydroxylation is 1. The molecule has 66 valence electrons. The van der Waals surface area contributed by atoms with E-state index in [0.717, 1.165) is 10.1 Å². The zero-order valence-corrected chi connectivity index (χ0v) is 8.58. The maximum Gasteiger partial charge on any atom is 0.262 e. The lowest BCUT2D eigenvalue weighted by Crippen LogP contribution is -1.78. The third-order valence-electron chi connectivity index (χ3n) is 1.93. The van der Waals surface area contributed by atoms with Crippen molar-refractivity contribution in [2.45, 2.75) is 6.92 Å². The molecule has 0 radical (unpaired) electrons. The molecule has 0 fully saturated rings. The summed E-state index contributed by atoms with van der Waals surface area (Å²) in [4.78, 5) is 11.5. The van der Waals surface area contributed by atoms with Crippen molar-refractivity contribution >= 4 is 38.3 Å². The number of carbonyl (C=O) groups excluding carboxylic acids is 1. The minimum atomic E-state index is -0.374. The van der Waals surface area contributed by atoms with Crippen LogP contribution in [0.5, 0.6) is 0 Å². The summed E-state index contributed by atoms with van der Waals surface area (Å²) in [5, 5.41) is 0.717. The standard InChI is InChI=1S/C10H7ClOS/c1-6-3-2-4-7-5-8(10(11)12)13-9(6)7/h2-5H,1H3. The van der Waals surface area contributed by atoms with Gasteiger partial charge in [-0.05, 0) is 35.5 Å². The molecule has 2 rings (SSSR count). The summed E-state index contributed by atoms with van der Waals surface area (Å²) in [5.41, 5.74) is 1.19. The number of benzene rings is 1. The van der Waals surface area contributed by atoms with E-state index in [2.05, 4.69) is 0 Å². The summed E-state index contributed by atoms with van der Waals surface area (Å²) in [7, 11) is 0. The van der Waals surface area contributed by atoms with Crippen LogP contribution in [0.2, 0.25) is 0 Å². The third-order valence-corrected chi connectivity index (χ3v) is 3.54. The van der Waals surface area contributed by atoms with E-state index in [9.17, 15) is 4.79 Å². The molecule has 0 spiro atoms. The monoisotopic (exact) mass is 210 g/mol. The highest BCUT2D eigenvalue weighted by Crippen LogP contribution is 2.29. The number of hydrogen-bond donors (Lipinski definition) is 0. The lowest BCUT2D eigenvalue weighted by atomic mass is 10.2. The molecule has 0 saturated heterocycles. The molecule has 1 aromatic heterocycles. The van der Waals surface area contributed by atoms with E-state index >= 15 is 0 Å². The normalized spacial score (nSPS) is 10.6. The molecule has 0 aliphatic rings. The van der Waals surface area contributed by atoms with Crippen molar-refractivity contribution < 1.29 is 4.79 Å². The summed E-state index contributed by atoms with van der Waals surface area (Å²) < 4.78 is 1.14. The van der Waals surface area contributed by atoms with Crippen LogP contribution in [0.3, 0.4) is 0 Å². The number of halogens is 1. The van der Waals surface area contributed by atoms with Gasteiger partial charge in [0, 0.05) is 4.70 Å². The average molecular weight is 211 g/mol. The molecule has 0 aliphatic heterocycles. The van der Waals surface area contributed by atoms with E-state index in [4.69, 9.17) is 11.6 Å². The number of thiophene rings is 1. The molecule has 0 unspecified atom stereocenters. The lowest BCUT2D eigenvalue weighted by molar-refractivity contribution is 0.108. The molecular formula is C10H7ClOS. The fourth-order valence-corrected chi connectivity index (χ4v) is 2.44. The summed E-state index contributed by atoms with van der Waals surface area (Å²) in [5.74, 6) is 0. The van der Waals surface area contributed by atoms with E-state index in [1.165, 1.54) is 16.9 Å². The number of rotatable bonds is 1. The van der Waals surface area contributed by atoms with Gasteiger partial charge in [0.15, 0.2) is 0 Å². The maximum atomic E-state index is 10.9. The van der Waals surface area contributed by atoms with Gasteiger partial charge in [0.05, 0.1) is 4.88 Å². The molecule has 0 saturated carbocycles. The molecule has 0 atom stereocenters. The van der Waals surface area contributed by atoms with Gasteiger partial charge in [-0.2, -0.15) is 0 Å². The van der Waals surface area contributed by atoms with Crippen molar-refractivity contribution in [3.8, 4) is 0 Å². The average Bonchev–Trinajstić information content (AvgIpc) is 2.49. The van der Waals surface area contributed by atoms with Crippen molar-refractivity contribution in [1.29, 1.82) is 0 Å². The minimum Gasteiger partial charge on any atom is -0.275 e. The Morgan fingerprint density at radius 3 is 2.85 bits per heavy atom. The van der Waals surface area contributed by atoms with Crippen molar-refractivity contribution in [3.05, 3.63) is 34.7 Å². The zero-order valence-electron chi connectivity index (χ0n) is 7.00. The molecule has 13 heavy (non-hydrogen) atoms. The van der Waals surface area contributed by atoms with Crippen LogP contribution in [-0.4, -0.2) is 5.24 Å². The van der Waals surface area contributed by atoms with Crippen LogP contribution in [-0.2, 0) is 0 Å². The van der Waals surface area contributed by atoms with Gasteiger partial charge >= 0.3 is 0 Å². The van der Waals surface area contributed by atoms with E-state index in [0.29, 0.717) is 4.88 Å². The van der Waals surface area contributed by atoms with E-state index < -0.39 is 0 Å². The largest absolute Gasteiger partial charge is 0.275 e. The van der Waals surface area contributed by atoms with Crippen LogP contribution in [0.15, 0.2) is 24.3 Å². The maximum absolute atomic E-state index is 10.9. The molecule has 2 aromatic rings. The zero-order chi connectivity index (χ0) is 9.42. The fourth-order valence-electron chi connectivity index (χ4n) is 1.31. The first kappa shape index (κ1) is 8.73. The predicted molar refractivity (Wildman–Crippen MR) is 56.7 cm³/mol. The van der Waals surface area contributed by atoms with E-state index in [1.54, 1.807) is 0 Å². The Balaban J connectivity index is 2.75. The second-order valence-corrected chi connectivity index (χ2v) is 4.27. The van der Waals surface area contributed by atoms with Crippen LogP contribution < -0.4 is 0 Å². The molecule has 1 nitrogen and oxygen atoms in total. The van der Waals surface area contributed by atoms with Gasteiger partial charge in [-0.15, -0.1) is 11.3 Å². The van der Waals surface area contributed by atoms with Crippen molar-refractivity contribution in [1.82, 2.24) is 0 Å². The van der Waals surface area contributed by atoms with Gasteiger partial charge in [-0.1, -0.05) is 18.2 Å². The quantitative estimate of drug-likeness (QED) is 0.658. The lowest BCUT2D eigenvalue weighted by Gasteiger charge is -1.91. The smallest absolute Gasteiger partial charge is 0.262 e. The molecule has 0 bridgehead atoms. The van der Waals surface area contributed by atoms with Gasteiger partial charge in [-0.25, -0.2) is 0 Å². The summed E-state index contributed by atoms with van der Waals surface area (Å²) in [6.45, 7) is 2.03. The summed E-state index contributed by atoms with van der Waals surface area (Å²) in [6.07, 6.45) is 0. The van der Waals surface area contributed by atoms with Crippen LogP contribution >= 0.6 is 22.9 Å². The fraction of sp³-hybridized carbons (Fsp3) is 0.100. The summed E-state index contributed by atoms with van der Waals surface area (Å²) >= 11 is 6.85. The van der Waals surface area contributed by atoms with Crippen LogP contribution in [0.1, 0.15) is 15.2 Å². The molecular weight excluding hydrogens is 204 g/mol. The Morgan fingerprint density at radius 2 is 2.23 bits per heavy atom. The van der Waals surface area contributed by atoms with Gasteiger partial charge in [0.1, 0.15) is 0 Å². The van der Waals surface area contributed by atoms with Crippen LogP contribution in [0.4, 0.5) is 0 Å². The summed E-state index contributed by atoms with van der Waals surface area (Å²) in [6, 6.07) is 7.83. The molecule has 1 aromatic carbocycles. The first-order valence-electron chi connectivity index (χ1n) is 3.87. The minimum absolute atomic E-state index is 0.374. The first-order chi connectivity index (χ1) is 6.18. The highest BCUT2D eigenvalue weighted by molar-refractivity contribution is 7.22. The number of carbonyl (C=O) groups is 1. The first-order valence-corrected chi connectivity index (χ1v) is 5.07. The van der Waals surface area contributed by atoms with E-state index in [1.807, 2.05) is 31.2 Å². The molecule has 3 heteroatoms. The number of hydrogen-bond acceptors (Lipinski definition) is 2. The van der Waals surface area contributed by atoms with Crippen LogP contribution in [0.25, 0.3) is 10.1 Å². The van der Waals surface area contributed by atoms with Gasteiger partial charge in [0.25, 0.3) is 5.24 Å². The van der Waals surface area contributed by atoms with Crippen molar-refractivity contribution in [2.75, 3.05) is 0 Å². The van der Waals surface area contributed by atoms with Crippen molar-refractivity contribution in [2.24, 2.45) is 0 Å². The van der Waals surface area contributed by atoms with Gasteiger partial charge in [0.2, 0.25) is 0 Å². The Bertz CT molecular complexity index is 473. The SMILES string of the molecule is Cc1cccc2cc(C(=O)Cl)sc12. The second-order valence-electron chi connectivity index (χ2n) is 2.88.